The smallest absolute Gasteiger partial charge is 0.192 e. The van der Waals surface area contributed by atoms with Crippen molar-refractivity contribution in [1.82, 2.24) is 14.8 Å². The summed E-state index contributed by atoms with van der Waals surface area (Å²) in [4.78, 5) is 12.9. The number of thioether (sulfide) groups is 1. The lowest BCUT2D eigenvalue weighted by Crippen LogP contribution is -2.15. The first-order valence-corrected chi connectivity index (χ1v) is 10.2. The van der Waals surface area contributed by atoms with Crippen LogP contribution in [0.5, 0.6) is 5.75 Å². The second kappa shape index (κ2) is 8.61. The van der Waals surface area contributed by atoms with Gasteiger partial charge in [0.2, 0.25) is 0 Å². The monoisotopic (exact) mass is 395 g/mol. The third-order valence-electron chi connectivity index (χ3n) is 4.82. The van der Waals surface area contributed by atoms with Crippen LogP contribution in [0, 0.1) is 13.8 Å². The molecule has 5 nitrogen and oxygen atoms in total. The molecule has 3 aromatic rings. The molecule has 1 heterocycles. The van der Waals surface area contributed by atoms with Gasteiger partial charge in [-0.2, -0.15) is 0 Å². The topological polar surface area (TPSA) is 57.0 Å². The van der Waals surface area contributed by atoms with Crippen LogP contribution in [0.1, 0.15) is 35.3 Å². The summed E-state index contributed by atoms with van der Waals surface area (Å²) in [6.07, 6.45) is 0. The van der Waals surface area contributed by atoms with E-state index < -0.39 is 0 Å². The molecule has 0 bridgehead atoms. The van der Waals surface area contributed by atoms with Gasteiger partial charge in [0.15, 0.2) is 16.8 Å². The molecule has 146 valence electrons. The summed E-state index contributed by atoms with van der Waals surface area (Å²) in [5, 5.41) is 9.21. The third-order valence-corrected chi connectivity index (χ3v) is 5.90. The van der Waals surface area contributed by atoms with Crippen LogP contribution in [0.4, 0.5) is 0 Å². The van der Waals surface area contributed by atoms with Crippen LogP contribution in [-0.2, 0) is 6.54 Å². The van der Waals surface area contributed by atoms with E-state index in [0.717, 1.165) is 40.0 Å². The fourth-order valence-corrected chi connectivity index (χ4v) is 3.95. The number of ketones is 1. The van der Waals surface area contributed by atoms with Gasteiger partial charge in [0.25, 0.3) is 0 Å². The number of Topliss-reactive ketones (excluding diaryl/α,β-unsaturated/α-hetero) is 1. The van der Waals surface area contributed by atoms with E-state index in [-0.39, 0.29) is 11.0 Å². The van der Waals surface area contributed by atoms with E-state index in [1.807, 2.05) is 67.8 Å². The average Bonchev–Trinajstić information content (AvgIpc) is 3.11. The Morgan fingerprint density at radius 3 is 2.43 bits per heavy atom. The Hall–Kier alpha value is -2.60. The number of ether oxygens (including phenoxy) is 1. The number of aryl methyl sites for hydroxylation is 2. The Labute approximate surface area is 170 Å². The van der Waals surface area contributed by atoms with Crippen LogP contribution in [0.15, 0.2) is 47.6 Å². The Balaban J connectivity index is 1.82. The number of hydrogen-bond acceptors (Lipinski definition) is 5. The molecular weight excluding hydrogens is 370 g/mol. The molecule has 0 amide bonds. The van der Waals surface area contributed by atoms with Gasteiger partial charge in [-0.15, -0.1) is 10.2 Å². The summed E-state index contributed by atoms with van der Waals surface area (Å²) in [5.74, 6) is 1.69. The van der Waals surface area contributed by atoms with Crippen LogP contribution in [0.2, 0.25) is 0 Å². The van der Waals surface area contributed by atoms with E-state index >= 15 is 0 Å². The highest BCUT2D eigenvalue weighted by Crippen LogP contribution is 2.29. The lowest BCUT2D eigenvalue weighted by atomic mass is 10.0. The molecule has 28 heavy (non-hydrogen) atoms. The highest BCUT2D eigenvalue weighted by molar-refractivity contribution is 8.00. The molecule has 0 radical (unpaired) electrons. The van der Waals surface area contributed by atoms with Crippen molar-refractivity contribution in [3.63, 3.8) is 0 Å². The van der Waals surface area contributed by atoms with Gasteiger partial charge in [-0.05, 0) is 69.2 Å². The van der Waals surface area contributed by atoms with Gasteiger partial charge in [-0.25, -0.2) is 0 Å². The van der Waals surface area contributed by atoms with E-state index in [4.69, 9.17) is 4.74 Å². The Morgan fingerprint density at radius 1 is 1.11 bits per heavy atom. The summed E-state index contributed by atoms with van der Waals surface area (Å²) in [5.41, 5.74) is 4.02. The van der Waals surface area contributed by atoms with Crippen LogP contribution in [-0.4, -0.2) is 32.9 Å². The Kier molecular flexibility index (Phi) is 6.19. The number of aromatic nitrogens is 3. The van der Waals surface area contributed by atoms with Crippen molar-refractivity contribution in [3.8, 4) is 17.1 Å². The average molecular weight is 396 g/mol. The summed E-state index contributed by atoms with van der Waals surface area (Å²) in [6, 6.07) is 13.6. The molecule has 0 unspecified atom stereocenters. The second-order valence-electron chi connectivity index (χ2n) is 6.70. The van der Waals surface area contributed by atoms with Gasteiger partial charge in [-0.3, -0.25) is 4.79 Å². The first-order valence-electron chi connectivity index (χ1n) is 9.30. The fourth-order valence-electron chi connectivity index (χ4n) is 2.96. The highest BCUT2D eigenvalue weighted by Gasteiger charge is 2.21. The minimum absolute atomic E-state index is 0.102. The summed E-state index contributed by atoms with van der Waals surface area (Å²) >= 11 is 1.45. The normalized spacial score (nSPS) is 12.0. The maximum absolute atomic E-state index is 12.9. The van der Waals surface area contributed by atoms with Crippen molar-refractivity contribution >= 4 is 17.5 Å². The van der Waals surface area contributed by atoms with Crippen LogP contribution < -0.4 is 4.74 Å². The molecule has 3 rings (SSSR count). The van der Waals surface area contributed by atoms with Crippen LogP contribution >= 0.6 is 11.8 Å². The predicted molar refractivity (Wildman–Crippen MR) is 113 cm³/mol. The highest BCUT2D eigenvalue weighted by atomic mass is 32.2. The number of carbonyl (C=O) groups is 1. The number of carbonyl (C=O) groups excluding carboxylic acids is 1. The maximum Gasteiger partial charge on any atom is 0.192 e. The lowest BCUT2D eigenvalue weighted by Gasteiger charge is -2.12. The summed E-state index contributed by atoms with van der Waals surface area (Å²) in [7, 11) is 1.65. The number of hydrogen-bond donors (Lipinski definition) is 0. The predicted octanol–water partition coefficient (Wildman–Crippen LogP) is 4.95. The zero-order chi connectivity index (χ0) is 20.3. The minimum atomic E-state index is -0.250. The van der Waals surface area contributed by atoms with E-state index in [9.17, 15) is 4.79 Å². The van der Waals surface area contributed by atoms with E-state index in [2.05, 4.69) is 17.1 Å². The van der Waals surface area contributed by atoms with Crippen molar-refractivity contribution in [2.45, 2.75) is 44.6 Å². The maximum atomic E-state index is 12.9. The molecule has 0 aliphatic rings. The van der Waals surface area contributed by atoms with Crippen molar-refractivity contribution < 1.29 is 9.53 Å². The molecule has 1 aromatic heterocycles. The van der Waals surface area contributed by atoms with Gasteiger partial charge in [0, 0.05) is 17.7 Å². The standard InChI is InChI=1S/C22H25N3O2S/c1-6-25-21(17-9-11-19(27-5)12-10-17)23-24-22(25)28-16(4)20(26)18-8-7-14(2)15(3)13-18/h7-13,16H,6H2,1-5H3/t16-/m1/s1. The van der Waals surface area contributed by atoms with Gasteiger partial charge < -0.3 is 9.30 Å². The molecular formula is C22H25N3O2S. The van der Waals surface area contributed by atoms with Gasteiger partial charge in [0.05, 0.1) is 12.4 Å². The third kappa shape index (κ3) is 4.12. The molecule has 0 saturated carbocycles. The largest absolute Gasteiger partial charge is 0.497 e. The first-order chi connectivity index (χ1) is 13.4. The van der Waals surface area contributed by atoms with Crippen molar-refractivity contribution in [1.29, 1.82) is 0 Å². The number of methoxy groups -OCH3 is 1. The SMILES string of the molecule is CCn1c(S[C@H](C)C(=O)c2ccc(C)c(C)c2)nnc1-c1ccc(OC)cc1. The quantitative estimate of drug-likeness (QED) is 0.418. The van der Waals surface area contributed by atoms with E-state index in [1.165, 1.54) is 17.3 Å². The minimum Gasteiger partial charge on any atom is -0.497 e. The molecule has 0 aliphatic carbocycles. The lowest BCUT2D eigenvalue weighted by molar-refractivity contribution is 0.0993. The van der Waals surface area contributed by atoms with Crippen LogP contribution in [0.3, 0.4) is 0 Å². The number of nitrogens with zero attached hydrogens (tertiary/aromatic N) is 3. The summed E-state index contributed by atoms with van der Waals surface area (Å²) in [6.45, 7) is 8.77. The second-order valence-corrected chi connectivity index (χ2v) is 8.01. The molecule has 0 saturated heterocycles. The molecule has 0 aliphatic heterocycles. The zero-order valence-corrected chi connectivity index (χ0v) is 17.7. The molecule has 0 fully saturated rings. The van der Waals surface area contributed by atoms with E-state index in [0.29, 0.717) is 0 Å². The zero-order valence-electron chi connectivity index (χ0n) is 16.9. The molecule has 0 N–H and O–H groups in total. The Bertz CT molecular complexity index is 980. The van der Waals surface area contributed by atoms with E-state index in [1.54, 1.807) is 7.11 Å². The van der Waals surface area contributed by atoms with Crippen molar-refractivity contribution in [3.05, 3.63) is 59.2 Å². The van der Waals surface area contributed by atoms with Crippen molar-refractivity contribution in [2.75, 3.05) is 7.11 Å². The number of benzene rings is 2. The number of rotatable bonds is 7. The van der Waals surface area contributed by atoms with Crippen LogP contribution in [0.25, 0.3) is 11.4 Å². The van der Waals surface area contributed by atoms with Gasteiger partial charge >= 0.3 is 0 Å². The van der Waals surface area contributed by atoms with Crippen molar-refractivity contribution in [2.24, 2.45) is 0 Å². The Morgan fingerprint density at radius 2 is 1.82 bits per heavy atom. The van der Waals surface area contributed by atoms with Gasteiger partial charge in [0.1, 0.15) is 5.75 Å². The molecule has 1 atom stereocenters. The molecule has 2 aromatic carbocycles. The van der Waals surface area contributed by atoms with Gasteiger partial charge in [-0.1, -0.05) is 23.9 Å². The summed E-state index contributed by atoms with van der Waals surface area (Å²) < 4.78 is 7.26. The first kappa shape index (κ1) is 20.1. The molecule has 0 spiro atoms. The fraction of sp³-hybridized carbons (Fsp3) is 0.318. The molecule has 6 heteroatoms.